The molecular formula is C19H19N3O3S. The summed E-state index contributed by atoms with van der Waals surface area (Å²) in [7, 11) is 3.35. The summed E-state index contributed by atoms with van der Waals surface area (Å²) in [5, 5.41) is 2.26. The summed E-state index contributed by atoms with van der Waals surface area (Å²) >= 11 is 1.46. The predicted octanol–water partition coefficient (Wildman–Crippen LogP) is 3.41. The zero-order valence-corrected chi connectivity index (χ0v) is 15.6. The van der Waals surface area contributed by atoms with Crippen LogP contribution in [0.1, 0.15) is 33.2 Å². The molecule has 0 fully saturated rings. The Kier molecular flexibility index (Phi) is 5.27. The molecule has 0 saturated heterocycles. The molecule has 3 rings (SSSR count). The van der Waals surface area contributed by atoms with Gasteiger partial charge in [-0.25, -0.2) is 4.99 Å². The van der Waals surface area contributed by atoms with Crippen molar-refractivity contribution in [3.63, 3.8) is 0 Å². The highest BCUT2D eigenvalue weighted by atomic mass is 32.2. The number of para-hydroxylation sites is 1. The second-order valence-electron chi connectivity index (χ2n) is 5.78. The molecule has 0 radical (unpaired) electrons. The first-order valence-electron chi connectivity index (χ1n) is 8.02. The normalized spacial score (nSPS) is 13.4. The molecule has 0 aliphatic carbocycles. The number of hydrogen-bond acceptors (Lipinski definition) is 6. The molecule has 0 saturated carbocycles. The Balaban J connectivity index is 1.87. The quantitative estimate of drug-likeness (QED) is 0.837. The molecule has 0 spiro atoms. The third-order valence-electron chi connectivity index (χ3n) is 3.96. The third-order valence-corrected chi connectivity index (χ3v) is 5.04. The molecule has 1 aliphatic heterocycles. The van der Waals surface area contributed by atoms with Gasteiger partial charge in [0.25, 0.3) is 5.91 Å². The fraction of sp³-hybridized carbons (Fsp3) is 0.211. The summed E-state index contributed by atoms with van der Waals surface area (Å²) in [6.45, 7) is 1.54. The van der Waals surface area contributed by atoms with Crippen LogP contribution in [0.15, 0.2) is 47.5 Å². The summed E-state index contributed by atoms with van der Waals surface area (Å²) in [5.41, 5.74) is 5.49. The molecule has 134 valence electrons. The van der Waals surface area contributed by atoms with E-state index in [1.807, 2.05) is 24.3 Å². The highest BCUT2D eigenvalue weighted by Crippen LogP contribution is 2.29. The number of carbonyl (C=O) groups is 2. The SMILES string of the molecule is COc1ccc(C(C)=O)cc1CSC1=Nc2ccccc2C(=O)NN1C. The highest BCUT2D eigenvalue weighted by molar-refractivity contribution is 8.13. The van der Waals surface area contributed by atoms with Gasteiger partial charge in [0.1, 0.15) is 5.75 Å². The van der Waals surface area contributed by atoms with Crippen molar-refractivity contribution in [1.29, 1.82) is 0 Å². The van der Waals surface area contributed by atoms with Crippen LogP contribution in [0.3, 0.4) is 0 Å². The standard InChI is InChI=1S/C19H19N3O3S/c1-12(23)13-8-9-17(25-3)14(10-13)11-26-19-20-16-7-5-4-6-15(16)18(24)21-22(19)2/h4-10H,11H2,1-3H3,(H,21,24). The lowest BCUT2D eigenvalue weighted by atomic mass is 10.1. The van der Waals surface area contributed by atoms with Crippen molar-refractivity contribution < 1.29 is 14.3 Å². The number of benzene rings is 2. The number of methoxy groups -OCH3 is 1. The number of thioether (sulfide) groups is 1. The lowest BCUT2D eigenvalue weighted by Crippen LogP contribution is -2.40. The van der Waals surface area contributed by atoms with Gasteiger partial charge in [-0.05, 0) is 37.3 Å². The third kappa shape index (κ3) is 3.72. The van der Waals surface area contributed by atoms with Gasteiger partial charge < -0.3 is 4.74 Å². The zero-order chi connectivity index (χ0) is 18.7. The molecule has 1 N–H and O–H groups in total. The predicted molar refractivity (Wildman–Crippen MR) is 103 cm³/mol. The molecule has 1 amide bonds. The minimum Gasteiger partial charge on any atom is -0.496 e. The van der Waals surface area contributed by atoms with E-state index >= 15 is 0 Å². The Morgan fingerprint density at radius 2 is 2.04 bits per heavy atom. The van der Waals surface area contributed by atoms with E-state index in [4.69, 9.17) is 4.74 Å². The summed E-state index contributed by atoms with van der Waals surface area (Å²) in [5.74, 6) is 1.07. The molecule has 0 unspecified atom stereocenters. The van der Waals surface area contributed by atoms with Gasteiger partial charge in [-0.1, -0.05) is 23.9 Å². The molecule has 0 bridgehead atoms. The van der Waals surface area contributed by atoms with Gasteiger partial charge in [0.05, 0.1) is 18.4 Å². The fourth-order valence-corrected chi connectivity index (χ4v) is 3.50. The maximum atomic E-state index is 12.3. The van der Waals surface area contributed by atoms with Gasteiger partial charge in [0.2, 0.25) is 0 Å². The molecule has 2 aromatic rings. The van der Waals surface area contributed by atoms with E-state index < -0.39 is 0 Å². The molecule has 0 aromatic heterocycles. The average Bonchev–Trinajstić information content (AvgIpc) is 2.76. The van der Waals surface area contributed by atoms with E-state index in [0.717, 1.165) is 5.56 Å². The van der Waals surface area contributed by atoms with Crippen molar-refractivity contribution >= 4 is 34.3 Å². The summed E-state index contributed by atoms with van der Waals surface area (Å²) < 4.78 is 5.40. The molecule has 1 aliphatic rings. The van der Waals surface area contributed by atoms with Gasteiger partial charge in [0, 0.05) is 23.9 Å². The number of nitrogens with one attached hydrogen (secondary N) is 1. The van der Waals surface area contributed by atoms with Gasteiger partial charge in [-0.3, -0.25) is 20.0 Å². The van der Waals surface area contributed by atoms with Crippen LogP contribution in [0, 0.1) is 0 Å². The molecule has 26 heavy (non-hydrogen) atoms. The van der Waals surface area contributed by atoms with Crippen LogP contribution in [-0.4, -0.2) is 36.0 Å². The van der Waals surface area contributed by atoms with E-state index in [-0.39, 0.29) is 11.7 Å². The Morgan fingerprint density at radius 3 is 2.77 bits per heavy atom. The number of Topliss-reactive ketones (excluding diaryl/α,β-unsaturated/α-hetero) is 1. The van der Waals surface area contributed by atoms with E-state index in [9.17, 15) is 9.59 Å². The largest absolute Gasteiger partial charge is 0.496 e. The number of rotatable bonds is 4. The first kappa shape index (κ1) is 18.0. The first-order valence-corrected chi connectivity index (χ1v) is 9.01. The van der Waals surface area contributed by atoms with E-state index in [2.05, 4.69) is 10.4 Å². The smallest absolute Gasteiger partial charge is 0.272 e. The van der Waals surface area contributed by atoms with Crippen molar-refractivity contribution in [3.8, 4) is 5.75 Å². The minimum absolute atomic E-state index is 0.00372. The first-order chi connectivity index (χ1) is 12.5. The zero-order valence-electron chi connectivity index (χ0n) is 14.8. The fourth-order valence-electron chi connectivity index (χ4n) is 2.58. The number of amidine groups is 1. The van der Waals surface area contributed by atoms with Gasteiger partial charge in [-0.2, -0.15) is 0 Å². The topological polar surface area (TPSA) is 71.0 Å². The van der Waals surface area contributed by atoms with E-state index in [1.54, 1.807) is 37.4 Å². The number of ether oxygens (including phenoxy) is 1. The second-order valence-corrected chi connectivity index (χ2v) is 6.73. The number of aliphatic imine (C=N–C) groups is 1. The van der Waals surface area contributed by atoms with Crippen molar-refractivity contribution in [2.75, 3.05) is 14.2 Å². The molecule has 7 heteroatoms. The number of ketones is 1. The van der Waals surface area contributed by atoms with Crippen LogP contribution in [0.4, 0.5) is 5.69 Å². The Morgan fingerprint density at radius 1 is 1.27 bits per heavy atom. The summed E-state index contributed by atoms with van der Waals surface area (Å²) in [6.07, 6.45) is 0. The number of nitrogens with zero attached hydrogens (tertiary/aromatic N) is 2. The van der Waals surface area contributed by atoms with Crippen molar-refractivity contribution in [1.82, 2.24) is 10.4 Å². The minimum atomic E-state index is -0.196. The van der Waals surface area contributed by atoms with Crippen LogP contribution in [0.25, 0.3) is 0 Å². The number of fused-ring (bicyclic) bond motifs is 1. The molecule has 0 atom stereocenters. The summed E-state index contributed by atoms with van der Waals surface area (Å²) in [4.78, 5) is 28.5. The van der Waals surface area contributed by atoms with E-state index in [0.29, 0.717) is 33.5 Å². The van der Waals surface area contributed by atoms with Crippen molar-refractivity contribution in [2.24, 2.45) is 4.99 Å². The maximum absolute atomic E-state index is 12.3. The number of hydrogen-bond donors (Lipinski definition) is 1. The summed E-state index contributed by atoms with van der Waals surface area (Å²) in [6, 6.07) is 12.6. The Bertz CT molecular complexity index is 895. The van der Waals surface area contributed by atoms with E-state index in [1.165, 1.54) is 18.7 Å². The average molecular weight is 369 g/mol. The van der Waals surface area contributed by atoms with Crippen LogP contribution in [0.5, 0.6) is 5.75 Å². The Hall–Kier alpha value is -2.80. The van der Waals surface area contributed by atoms with Crippen LogP contribution < -0.4 is 10.2 Å². The van der Waals surface area contributed by atoms with Crippen LogP contribution >= 0.6 is 11.8 Å². The van der Waals surface area contributed by atoms with Gasteiger partial charge >= 0.3 is 0 Å². The maximum Gasteiger partial charge on any atom is 0.272 e. The van der Waals surface area contributed by atoms with Crippen LogP contribution in [-0.2, 0) is 5.75 Å². The van der Waals surface area contributed by atoms with Crippen LogP contribution in [0.2, 0.25) is 0 Å². The lowest BCUT2D eigenvalue weighted by Gasteiger charge is -2.19. The van der Waals surface area contributed by atoms with Gasteiger partial charge in [-0.15, -0.1) is 0 Å². The lowest BCUT2D eigenvalue weighted by molar-refractivity contribution is 0.0891. The Labute approximate surface area is 156 Å². The second kappa shape index (κ2) is 7.61. The van der Waals surface area contributed by atoms with Crippen molar-refractivity contribution in [3.05, 3.63) is 59.2 Å². The molecular weight excluding hydrogens is 350 g/mol. The molecule has 6 nitrogen and oxygen atoms in total. The number of hydrazine groups is 1. The number of amides is 1. The molecule has 1 heterocycles. The monoisotopic (exact) mass is 369 g/mol. The number of carbonyl (C=O) groups excluding carboxylic acids is 2. The highest BCUT2D eigenvalue weighted by Gasteiger charge is 2.20. The molecule has 2 aromatic carbocycles. The van der Waals surface area contributed by atoms with Crippen molar-refractivity contribution in [2.45, 2.75) is 12.7 Å². The van der Waals surface area contributed by atoms with Gasteiger partial charge in [0.15, 0.2) is 11.0 Å².